The van der Waals surface area contributed by atoms with Crippen LogP contribution in [0.1, 0.15) is 11.1 Å². The molecule has 0 aliphatic carbocycles. The van der Waals surface area contributed by atoms with Gasteiger partial charge in [-0.2, -0.15) is 0 Å². The minimum atomic E-state index is -3.67. The monoisotopic (exact) mass is 272 g/mol. The summed E-state index contributed by atoms with van der Waals surface area (Å²) in [6, 6.07) is 3.14. The molecule has 0 atom stereocenters. The van der Waals surface area contributed by atoms with Crippen molar-refractivity contribution in [3.8, 4) is 5.75 Å². The smallest absolute Gasteiger partial charge is 0.238 e. The Kier molecular flexibility index (Phi) is 4.72. The van der Waals surface area contributed by atoms with Gasteiger partial charge in [-0.25, -0.2) is 13.6 Å². The van der Waals surface area contributed by atoms with Crippen LogP contribution in [0.15, 0.2) is 17.0 Å². The molecule has 6 heteroatoms. The van der Waals surface area contributed by atoms with E-state index in [0.29, 0.717) is 17.9 Å². The molecule has 0 saturated carbocycles. The first-order chi connectivity index (χ1) is 8.23. The Labute approximate surface area is 109 Å². The molecule has 102 valence electrons. The van der Waals surface area contributed by atoms with Gasteiger partial charge in [0, 0.05) is 6.54 Å². The molecular formula is C12H20N2O3S. The lowest BCUT2D eigenvalue weighted by molar-refractivity contribution is 0.260. The van der Waals surface area contributed by atoms with Gasteiger partial charge in [-0.05, 0) is 51.2 Å². The van der Waals surface area contributed by atoms with Gasteiger partial charge >= 0.3 is 0 Å². The third kappa shape index (κ3) is 3.69. The van der Waals surface area contributed by atoms with Crippen molar-refractivity contribution in [1.82, 2.24) is 4.90 Å². The molecule has 1 rings (SSSR count). The van der Waals surface area contributed by atoms with Gasteiger partial charge in [-0.3, -0.25) is 0 Å². The van der Waals surface area contributed by atoms with Crippen LogP contribution in [0.5, 0.6) is 5.75 Å². The van der Waals surface area contributed by atoms with Crippen LogP contribution in [0.3, 0.4) is 0 Å². The fraction of sp³-hybridized carbons (Fsp3) is 0.500. The van der Waals surface area contributed by atoms with Gasteiger partial charge in [-0.1, -0.05) is 0 Å². The number of rotatable bonds is 5. The second-order valence-electron chi connectivity index (χ2n) is 4.51. The second-order valence-corrected chi connectivity index (χ2v) is 6.04. The minimum absolute atomic E-state index is 0.153. The zero-order valence-electron chi connectivity index (χ0n) is 11.2. The second kappa shape index (κ2) is 5.69. The molecule has 2 N–H and O–H groups in total. The predicted octanol–water partition coefficient (Wildman–Crippen LogP) is 0.891. The van der Waals surface area contributed by atoms with E-state index in [1.54, 1.807) is 13.0 Å². The van der Waals surface area contributed by atoms with Crippen LogP contribution in [0, 0.1) is 13.8 Å². The first-order valence-electron chi connectivity index (χ1n) is 5.64. The van der Waals surface area contributed by atoms with E-state index in [4.69, 9.17) is 9.88 Å². The number of benzene rings is 1. The number of ether oxygens (including phenoxy) is 1. The molecule has 0 amide bonds. The van der Waals surface area contributed by atoms with Gasteiger partial charge in [0.15, 0.2) is 0 Å². The van der Waals surface area contributed by atoms with Crippen LogP contribution in [0.2, 0.25) is 0 Å². The van der Waals surface area contributed by atoms with Gasteiger partial charge in [0.2, 0.25) is 10.0 Å². The molecule has 0 spiro atoms. The molecule has 1 aromatic rings. The summed E-state index contributed by atoms with van der Waals surface area (Å²) in [5.74, 6) is 0.696. The van der Waals surface area contributed by atoms with Crippen LogP contribution in [0.4, 0.5) is 0 Å². The Bertz CT molecular complexity index is 524. The Morgan fingerprint density at radius 3 is 2.33 bits per heavy atom. The highest BCUT2D eigenvalue weighted by Crippen LogP contribution is 2.26. The molecule has 18 heavy (non-hydrogen) atoms. The van der Waals surface area contributed by atoms with Crippen molar-refractivity contribution in [2.24, 2.45) is 5.14 Å². The summed E-state index contributed by atoms with van der Waals surface area (Å²) in [7, 11) is 0.257. The van der Waals surface area contributed by atoms with Gasteiger partial charge in [0.05, 0.1) is 4.90 Å². The van der Waals surface area contributed by atoms with Crippen LogP contribution in [-0.2, 0) is 10.0 Å². The number of primary sulfonamides is 1. The summed E-state index contributed by atoms with van der Waals surface area (Å²) < 4.78 is 28.3. The SMILES string of the molecule is Cc1c(OCCN(C)C)ccc(S(N)(=O)=O)c1C. The maximum absolute atomic E-state index is 11.4. The van der Waals surface area contributed by atoms with Gasteiger partial charge in [-0.15, -0.1) is 0 Å². The van der Waals surface area contributed by atoms with Crippen molar-refractivity contribution in [2.75, 3.05) is 27.2 Å². The Balaban J connectivity index is 2.95. The Morgan fingerprint density at radius 1 is 1.22 bits per heavy atom. The van der Waals surface area contributed by atoms with E-state index in [1.165, 1.54) is 6.07 Å². The van der Waals surface area contributed by atoms with Crippen molar-refractivity contribution < 1.29 is 13.2 Å². The molecule has 0 heterocycles. The molecule has 0 radical (unpaired) electrons. The standard InChI is InChI=1S/C12H20N2O3S/c1-9-10(2)12(18(13,15)16)6-5-11(9)17-8-7-14(3)4/h5-6H,7-8H2,1-4H3,(H2,13,15,16). The fourth-order valence-electron chi connectivity index (χ4n) is 1.57. The molecule has 0 aliphatic rings. The predicted molar refractivity (Wildman–Crippen MR) is 71.3 cm³/mol. The van der Waals surface area contributed by atoms with Crippen molar-refractivity contribution in [3.63, 3.8) is 0 Å². The molecule has 0 bridgehead atoms. The number of sulfonamides is 1. The summed E-state index contributed by atoms with van der Waals surface area (Å²) in [5.41, 5.74) is 1.44. The topological polar surface area (TPSA) is 72.6 Å². The average molecular weight is 272 g/mol. The summed E-state index contributed by atoms with van der Waals surface area (Å²) in [5, 5.41) is 5.14. The Hall–Kier alpha value is -1.11. The highest BCUT2D eigenvalue weighted by atomic mass is 32.2. The summed E-state index contributed by atoms with van der Waals surface area (Å²) >= 11 is 0. The molecule has 0 saturated heterocycles. The lowest BCUT2D eigenvalue weighted by Crippen LogP contribution is -2.20. The maximum Gasteiger partial charge on any atom is 0.238 e. The lowest BCUT2D eigenvalue weighted by Gasteiger charge is -2.15. The lowest BCUT2D eigenvalue weighted by atomic mass is 10.1. The molecule has 0 aliphatic heterocycles. The highest BCUT2D eigenvalue weighted by Gasteiger charge is 2.15. The summed E-state index contributed by atoms with van der Waals surface area (Å²) in [6.07, 6.45) is 0. The van der Waals surface area contributed by atoms with Crippen LogP contribution in [-0.4, -0.2) is 40.6 Å². The Morgan fingerprint density at radius 2 is 1.83 bits per heavy atom. The zero-order valence-corrected chi connectivity index (χ0v) is 12.0. The summed E-state index contributed by atoms with van der Waals surface area (Å²) in [4.78, 5) is 2.17. The first-order valence-corrected chi connectivity index (χ1v) is 7.18. The van der Waals surface area contributed by atoms with Gasteiger partial charge in [0.25, 0.3) is 0 Å². The van der Waals surface area contributed by atoms with E-state index in [2.05, 4.69) is 0 Å². The number of hydrogen-bond acceptors (Lipinski definition) is 4. The molecule has 5 nitrogen and oxygen atoms in total. The first kappa shape index (κ1) is 14.9. The molecular weight excluding hydrogens is 252 g/mol. The van der Waals surface area contributed by atoms with Crippen LogP contribution >= 0.6 is 0 Å². The van der Waals surface area contributed by atoms with Crippen molar-refractivity contribution in [3.05, 3.63) is 23.3 Å². The molecule has 1 aromatic carbocycles. The molecule has 0 unspecified atom stereocenters. The molecule has 0 fully saturated rings. The van der Waals surface area contributed by atoms with Crippen molar-refractivity contribution in [1.29, 1.82) is 0 Å². The maximum atomic E-state index is 11.4. The fourth-order valence-corrected chi connectivity index (χ4v) is 2.41. The van der Waals surface area contributed by atoms with Crippen LogP contribution in [0.25, 0.3) is 0 Å². The zero-order chi connectivity index (χ0) is 13.9. The van der Waals surface area contributed by atoms with E-state index in [1.807, 2.05) is 25.9 Å². The van der Waals surface area contributed by atoms with Gasteiger partial charge < -0.3 is 9.64 Å². The van der Waals surface area contributed by atoms with E-state index in [0.717, 1.165) is 12.1 Å². The van der Waals surface area contributed by atoms with E-state index in [-0.39, 0.29) is 4.90 Å². The average Bonchev–Trinajstić information content (AvgIpc) is 2.22. The van der Waals surface area contributed by atoms with E-state index >= 15 is 0 Å². The van der Waals surface area contributed by atoms with Crippen molar-refractivity contribution in [2.45, 2.75) is 18.7 Å². The van der Waals surface area contributed by atoms with E-state index < -0.39 is 10.0 Å². The number of nitrogens with zero attached hydrogens (tertiary/aromatic N) is 1. The number of nitrogens with two attached hydrogens (primary N) is 1. The van der Waals surface area contributed by atoms with Crippen LogP contribution < -0.4 is 9.88 Å². The highest BCUT2D eigenvalue weighted by molar-refractivity contribution is 7.89. The van der Waals surface area contributed by atoms with E-state index in [9.17, 15) is 8.42 Å². The normalized spacial score (nSPS) is 11.9. The van der Waals surface area contributed by atoms with Gasteiger partial charge in [0.1, 0.15) is 12.4 Å². The number of hydrogen-bond donors (Lipinski definition) is 1. The minimum Gasteiger partial charge on any atom is -0.492 e. The quantitative estimate of drug-likeness (QED) is 0.864. The third-order valence-corrected chi connectivity index (χ3v) is 3.85. The third-order valence-electron chi connectivity index (χ3n) is 2.79. The summed E-state index contributed by atoms with van der Waals surface area (Å²) in [6.45, 7) is 4.92. The molecule has 0 aromatic heterocycles. The number of likely N-dealkylation sites (N-methyl/N-ethyl adjacent to an activating group) is 1. The van der Waals surface area contributed by atoms with Crippen molar-refractivity contribution >= 4 is 10.0 Å². The largest absolute Gasteiger partial charge is 0.492 e.